The number of carboxylic acids is 1. The summed E-state index contributed by atoms with van der Waals surface area (Å²) in [7, 11) is 0. The van der Waals surface area contributed by atoms with E-state index in [2.05, 4.69) is 30.9 Å². The molecule has 0 spiro atoms. The minimum Gasteiger partial charge on any atom is -0.481 e. The molecule has 0 aromatic heterocycles. The predicted molar refractivity (Wildman–Crippen MR) is 125 cm³/mol. The highest BCUT2D eigenvalue weighted by Gasteiger charge is 2.37. The summed E-state index contributed by atoms with van der Waals surface area (Å²) < 4.78 is 0. The molecule has 3 unspecified atom stereocenters. The Balaban J connectivity index is 1.84. The Kier molecular flexibility index (Phi) is 9.07. The number of hydrogen-bond acceptors (Lipinski definition) is 2. The van der Waals surface area contributed by atoms with Crippen LogP contribution in [-0.4, -0.2) is 35.1 Å². The lowest BCUT2D eigenvalue weighted by atomic mass is 9.72. The number of benzene rings is 1. The van der Waals surface area contributed by atoms with E-state index in [9.17, 15) is 9.90 Å². The summed E-state index contributed by atoms with van der Waals surface area (Å²) in [6, 6.07) is 8.85. The van der Waals surface area contributed by atoms with Crippen LogP contribution in [0.15, 0.2) is 24.3 Å². The Morgan fingerprint density at radius 2 is 1.73 bits per heavy atom. The molecule has 0 aliphatic heterocycles. The van der Waals surface area contributed by atoms with Crippen molar-refractivity contribution < 1.29 is 9.90 Å². The van der Waals surface area contributed by atoms with Crippen LogP contribution in [0.3, 0.4) is 0 Å². The van der Waals surface area contributed by atoms with Crippen molar-refractivity contribution in [3.8, 4) is 0 Å². The van der Waals surface area contributed by atoms with Crippen LogP contribution in [0.1, 0.15) is 89.5 Å². The fourth-order valence-corrected chi connectivity index (χ4v) is 6.05. The summed E-state index contributed by atoms with van der Waals surface area (Å²) in [5, 5.41) is 10.1. The van der Waals surface area contributed by atoms with Crippen molar-refractivity contribution in [2.24, 2.45) is 17.8 Å². The van der Waals surface area contributed by atoms with Crippen LogP contribution in [0, 0.1) is 17.8 Å². The monoisotopic (exact) mass is 433 g/mol. The summed E-state index contributed by atoms with van der Waals surface area (Å²) >= 11 is 6.18. The summed E-state index contributed by atoms with van der Waals surface area (Å²) in [5.41, 5.74) is 1.33. The van der Waals surface area contributed by atoms with Gasteiger partial charge in [-0.2, -0.15) is 0 Å². The van der Waals surface area contributed by atoms with Crippen molar-refractivity contribution >= 4 is 17.6 Å². The topological polar surface area (TPSA) is 40.5 Å². The maximum Gasteiger partial charge on any atom is 0.303 e. The highest BCUT2D eigenvalue weighted by molar-refractivity contribution is 6.30. The smallest absolute Gasteiger partial charge is 0.303 e. The minimum absolute atomic E-state index is 0.279. The minimum atomic E-state index is -0.659. The van der Waals surface area contributed by atoms with E-state index in [0.717, 1.165) is 36.1 Å². The maximum absolute atomic E-state index is 11.4. The predicted octanol–water partition coefficient (Wildman–Crippen LogP) is 7.00. The van der Waals surface area contributed by atoms with Crippen molar-refractivity contribution in [2.75, 3.05) is 13.1 Å². The maximum atomic E-state index is 11.4. The van der Waals surface area contributed by atoms with Gasteiger partial charge >= 0.3 is 5.97 Å². The lowest BCUT2D eigenvalue weighted by molar-refractivity contribution is -0.138. The van der Waals surface area contributed by atoms with Crippen LogP contribution in [0.2, 0.25) is 5.02 Å². The van der Waals surface area contributed by atoms with Gasteiger partial charge in [0.05, 0.1) is 0 Å². The zero-order chi connectivity index (χ0) is 21.5. The number of rotatable bonds is 10. The molecule has 2 aliphatic rings. The van der Waals surface area contributed by atoms with Crippen molar-refractivity contribution in [1.29, 1.82) is 0 Å². The molecule has 1 aromatic carbocycles. The standard InChI is InChI=1S/C26H40ClNO2/c1-3-19(4-2)17-28(18-20-7-5-6-8-20)25-14-9-21(16-26(29)30)15-24(25)22-10-12-23(27)13-11-22/h10-13,19-21,24-25H,3-9,14-18H2,1-2H3,(H,29,30). The second-order valence-electron chi connectivity index (χ2n) is 9.79. The number of hydrogen-bond donors (Lipinski definition) is 1. The van der Waals surface area contributed by atoms with E-state index in [1.807, 2.05) is 12.1 Å². The third kappa shape index (κ3) is 6.47. The molecule has 1 N–H and O–H groups in total. The van der Waals surface area contributed by atoms with E-state index in [-0.39, 0.29) is 5.92 Å². The van der Waals surface area contributed by atoms with Crippen LogP contribution in [0.4, 0.5) is 0 Å². The normalized spacial score (nSPS) is 25.3. The quantitative estimate of drug-likeness (QED) is 0.432. The molecule has 1 aromatic rings. The number of halogens is 1. The first-order valence-electron chi connectivity index (χ1n) is 12.2. The van der Waals surface area contributed by atoms with E-state index in [1.165, 1.54) is 57.2 Å². The van der Waals surface area contributed by atoms with Gasteiger partial charge in [0.25, 0.3) is 0 Å². The SMILES string of the molecule is CCC(CC)CN(CC1CCCC1)C1CCC(CC(=O)O)CC1c1ccc(Cl)cc1. The second kappa shape index (κ2) is 11.5. The molecular formula is C26H40ClNO2. The van der Waals surface area contributed by atoms with Gasteiger partial charge in [-0.1, -0.05) is 63.3 Å². The van der Waals surface area contributed by atoms with Crippen molar-refractivity contribution in [3.05, 3.63) is 34.9 Å². The highest BCUT2D eigenvalue weighted by atomic mass is 35.5. The van der Waals surface area contributed by atoms with Crippen LogP contribution in [-0.2, 0) is 4.79 Å². The second-order valence-corrected chi connectivity index (χ2v) is 10.2. The molecule has 4 heteroatoms. The first-order chi connectivity index (χ1) is 14.5. The lowest BCUT2D eigenvalue weighted by Crippen LogP contribution is -2.47. The van der Waals surface area contributed by atoms with Crippen molar-refractivity contribution in [3.63, 3.8) is 0 Å². The summed E-state index contributed by atoms with van der Waals surface area (Å²) in [6.07, 6.45) is 11.4. The Labute approximate surface area is 188 Å². The molecule has 3 rings (SSSR count). The Morgan fingerprint density at radius 3 is 2.33 bits per heavy atom. The molecule has 0 bridgehead atoms. The molecule has 3 nitrogen and oxygen atoms in total. The molecule has 2 aliphatic carbocycles. The van der Waals surface area contributed by atoms with E-state index in [1.54, 1.807) is 0 Å². The van der Waals surface area contributed by atoms with Gasteiger partial charge in [0, 0.05) is 30.6 Å². The average molecular weight is 434 g/mol. The van der Waals surface area contributed by atoms with Gasteiger partial charge < -0.3 is 5.11 Å². The molecule has 0 heterocycles. The van der Waals surface area contributed by atoms with Crippen molar-refractivity contribution in [2.45, 2.75) is 90.0 Å². The highest BCUT2D eigenvalue weighted by Crippen LogP contribution is 2.42. The van der Waals surface area contributed by atoms with E-state index in [4.69, 9.17) is 11.6 Å². The van der Waals surface area contributed by atoms with Gasteiger partial charge in [-0.25, -0.2) is 0 Å². The molecule has 0 radical (unpaired) electrons. The zero-order valence-electron chi connectivity index (χ0n) is 18.9. The number of aliphatic carboxylic acids is 1. The van der Waals surface area contributed by atoms with E-state index < -0.39 is 5.97 Å². The fourth-order valence-electron chi connectivity index (χ4n) is 5.93. The van der Waals surface area contributed by atoms with Gasteiger partial charge in [-0.3, -0.25) is 9.69 Å². The summed E-state index contributed by atoms with van der Waals surface area (Å²) in [5.74, 6) is 1.60. The average Bonchev–Trinajstić information content (AvgIpc) is 3.24. The molecule has 30 heavy (non-hydrogen) atoms. The van der Waals surface area contributed by atoms with E-state index >= 15 is 0 Å². The van der Waals surface area contributed by atoms with Gasteiger partial charge in [0.15, 0.2) is 0 Å². The van der Waals surface area contributed by atoms with Gasteiger partial charge in [-0.15, -0.1) is 0 Å². The molecule has 168 valence electrons. The lowest BCUT2D eigenvalue weighted by Gasteiger charge is -2.45. The zero-order valence-corrected chi connectivity index (χ0v) is 19.6. The Hall–Kier alpha value is -1.06. The van der Waals surface area contributed by atoms with Gasteiger partial charge in [0.2, 0.25) is 0 Å². The molecule has 0 saturated heterocycles. The molecular weight excluding hydrogens is 394 g/mol. The van der Waals surface area contributed by atoms with Crippen LogP contribution in [0.25, 0.3) is 0 Å². The third-order valence-electron chi connectivity index (χ3n) is 7.77. The van der Waals surface area contributed by atoms with Gasteiger partial charge in [0.1, 0.15) is 0 Å². The van der Waals surface area contributed by atoms with Crippen LogP contribution < -0.4 is 0 Å². The Morgan fingerprint density at radius 1 is 1.07 bits per heavy atom. The van der Waals surface area contributed by atoms with Gasteiger partial charge in [-0.05, 0) is 73.5 Å². The largest absolute Gasteiger partial charge is 0.481 e. The first kappa shape index (κ1) is 23.6. The molecule has 0 amide bonds. The number of carboxylic acid groups (broad SMARTS) is 1. The number of nitrogens with zero attached hydrogens (tertiary/aromatic N) is 1. The summed E-state index contributed by atoms with van der Waals surface area (Å²) in [4.78, 5) is 14.2. The molecule has 2 saturated carbocycles. The fraction of sp³-hybridized carbons (Fsp3) is 0.731. The molecule has 3 atom stereocenters. The Bertz CT molecular complexity index is 648. The van der Waals surface area contributed by atoms with Crippen molar-refractivity contribution in [1.82, 2.24) is 4.90 Å². The molecule has 2 fully saturated rings. The summed E-state index contributed by atoms with van der Waals surface area (Å²) in [6.45, 7) is 7.04. The van der Waals surface area contributed by atoms with E-state index in [0.29, 0.717) is 18.4 Å². The number of carbonyl (C=O) groups is 1. The first-order valence-corrected chi connectivity index (χ1v) is 12.6. The third-order valence-corrected chi connectivity index (χ3v) is 8.02. The van der Waals surface area contributed by atoms with Crippen LogP contribution >= 0.6 is 11.6 Å². The van der Waals surface area contributed by atoms with Crippen LogP contribution in [0.5, 0.6) is 0 Å².